The van der Waals surface area contributed by atoms with Gasteiger partial charge in [0.2, 0.25) is 5.91 Å². The molecule has 1 saturated heterocycles. The van der Waals surface area contributed by atoms with Gasteiger partial charge in [0.05, 0.1) is 10.4 Å². The molecule has 1 amide bonds. The minimum absolute atomic E-state index is 0.00325. The van der Waals surface area contributed by atoms with Crippen LogP contribution in [0.25, 0.3) is 0 Å². The van der Waals surface area contributed by atoms with Crippen LogP contribution >= 0.6 is 12.2 Å². The molecule has 1 fully saturated rings. The molecule has 98 valence electrons. The van der Waals surface area contributed by atoms with Gasteiger partial charge in [0, 0.05) is 26.8 Å². The van der Waals surface area contributed by atoms with Crippen molar-refractivity contribution >= 4 is 23.1 Å². The van der Waals surface area contributed by atoms with Crippen LogP contribution in [0.5, 0.6) is 0 Å². The van der Waals surface area contributed by atoms with Gasteiger partial charge in [-0.2, -0.15) is 0 Å². The van der Waals surface area contributed by atoms with Gasteiger partial charge in [0.15, 0.2) is 0 Å². The van der Waals surface area contributed by atoms with Gasteiger partial charge in [-0.1, -0.05) is 12.2 Å². The Labute approximate surface area is 108 Å². The molecule has 4 nitrogen and oxygen atoms in total. The number of carbonyl (C=O) groups excluding carboxylic acids is 1. The zero-order valence-corrected chi connectivity index (χ0v) is 11.7. The third kappa shape index (κ3) is 3.64. The van der Waals surface area contributed by atoms with Crippen molar-refractivity contribution < 1.29 is 9.53 Å². The second-order valence-electron chi connectivity index (χ2n) is 5.23. The number of ether oxygens (including phenoxy) is 1. The predicted octanol–water partition coefficient (Wildman–Crippen LogP) is 1.18. The van der Waals surface area contributed by atoms with Crippen LogP contribution in [0.15, 0.2) is 0 Å². The van der Waals surface area contributed by atoms with E-state index in [1.54, 1.807) is 18.7 Å². The lowest BCUT2D eigenvalue weighted by molar-refractivity contribution is -0.136. The molecule has 0 atom stereocenters. The molecular formula is C12H22N2O2S. The zero-order valence-electron chi connectivity index (χ0n) is 10.9. The van der Waals surface area contributed by atoms with Gasteiger partial charge in [-0.05, 0) is 32.6 Å². The Hall–Kier alpha value is -0.680. The van der Waals surface area contributed by atoms with Crippen molar-refractivity contribution in [2.75, 3.05) is 26.8 Å². The second-order valence-corrected chi connectivity index (χ2v) is 5.67. The maximum absolute atomic E-state index is 12.2. The van der Waals surface area contributed by atoms with Gasteiger partial charge in [0.25, 0.3) is 0 Å². The van der Waals surface area contributed by atoms with Crippen LogP contribution in [-0.2, 0) is 9.53 Å². The first kappa shape index (κ1) is 14.4. The van der Waals surface area contributed by atoms with Gasteiger partial charge in [0.1, 0.15) is 0 Å². The SMILES string of the molecule is CN(CC1CCOCC1)C(=O)C(C)(C)C(N)=S. The number of nitrogens with two attached hydrogens (primary N) is 1. The van der Waals surface area contributed by atoms with Crippen molar-refractivity contribution in [2.24, 2.45) is 17.1 Å². The molecule has 5 heteroatoms. The summed E-state index contributed by atoms with van der Waals surface area (Å²) in [5.41, 5.74) is 4.85. The number of nitrogens with zero attached hydrogens (tertiary/aromatic N) is 1. The fraction of sp³-hybridized carbons (Fsp3) is 0.833. The van der Waals surface area contributed by atoms with Crippen molar-refractivity contribution in [3.63, 3.8) is 0 Å². The summed E-state index contributed by atoms with van der Waals surface area (Å²) in [6.07, 6.45) is 2.04. The maximum atomic E-state index is 12.2. The minimum Gasteiger partial charge on any atom is -0.392 e. The third-order valence-electron chi connectivity index (χ3n) is 3.37. The maximum Gasteiger partial charge on any atom is 0.234 e. The third-order valence-corrected chi connectivity index (χ3v) is 3.88. The van der Waals surface area contributed by atoms with E-state index in [2.05, 4.69) is 0 Å². The first-order valence-electron chi connectivity index (χ1n) is 5.99. The molecule has 0 radical (unpaired) electrons. The Morgan fingerprint density at radius 3 is 2.47 bits per heavy atom. The molecule has 0 unspecified atom stereocenters. The molecule has 1 aliphatic rings. The van der Waals surface area contributed by atoms with Crippen LogP contribution in [0.4, 0.5) is 0 Å². The first-order valence-corrected chi connectivity index (χ1v) is 6.39. The van der Waals surface area contributed by atoms with Crippen molar-refractivity contribution in [3.05, 3.63) is 0 Å². The zero-order chi connectivity index (χ0) is 13.1. The van der Waals surface area contributed by atoms with Crippen LogP contribution in [0.1, 0.15) is 26.7 Å². The minimum atomic E-state index is -0.755. The lowest BCUT2D eigenvalue weighted by Crippen LogP contribution is -2.47. The fourth-order valence-corrected chi connectivity index (χ4v) is 2.07. The van der Waals surface area contributed by atoms with Gasteiger partial charge < -0.3 is 15.4 Å². The molecule has 0 aromatic carbocycles. The largest absolute Gasteiger partial charge is 0.392 e. The summed E-state index contributed by atoms with van der Waals surface area (Å²) >= 11 is 4.94. The normalized spacial score (nSPS) is 17.8. The Balaban J connectivity index is 2.54. The molecule has 17 heavy (non-hydrogen) atoms. The first-order chi connectivity index (χ1) is 7.85. The predicted molar refractivity (Wildman–Crippen MR) is 71.7 cm³/mol. The molecule has 0 saturated carbocycles. The molecule has 0 spiro atoms. The Kier molecular flexibility index (Phi) is 4.89. The lowest BCUT2D eigenvalue weighted by Gasteiger charge is -2.32. The van der Waals surface area contributed by atoms with E-state index in [-0.39, 0.29) is 10.9 Å². The van der Waals surface area contributed by atoms with Gasteiger partial charge >= 0.3 is 0 Å². The summed E-state index contributed by atoms with van der Waals surface area (Å²) in [6.45, 7) is 5.90. The second kappa shape index (κ2) is 5.78. The molecule has 0 aromatic rings. The van der Waals surface area contributed by atoms with E-state index in [1.807, 2.05) is 7.05 Å². The van der Waals surface area contributed by atoms with E-state index in [1.165, 1.54) is 0 Å². The summed E-state index contributed by atoms with van der Waals surface area (Å²) < 4.78 is 5.30. The Morgan fingerprint density at radius 1 is 1.47 bits per heavy atom. The standard InChI is InChI=1S/C12H22N2O2S/c1-12(2,10(13)17)11(15)14(3)8-9-4-6-16-7-5-9/h9H,4-8H2,1-3H3,(H2,13,17). The van der Waals surface area contributed by atoms with Crippen molar-refractivity contribution in [1.82, 2.24) is 4.90 Å². The number of thiocarbonyl (C=S) groups is 1. The van der Waals surface area contributed by atoms with Gasteiger partial charge in [-0.3, -0.25) is 4.79 Å². The van der Waals surface area contributed by atoms with E-state index in [9.17, 15) is 4.79 Å². The highest BCUT2D eigenvalue weighted by molar-refractivity contribution is 7.80. The highest BCUT2D eigenvalue weighted by atomic mass is 32.1. The molecule has 1 heterocycles. The summed E-state index contributed by atoms with van der Waals surface area (Å²) in [5.74, 6) is 0.524. The van der Waals surface area contributed by atoms with E-state index >= 15 is 0 Å². The highest BCUT2D eigenvalue weighted by Crippen LogP contribution is 2.21. The summed E-state index contributed by atoms with van der Waals surface area (Å²) in [6, 6.07) is 0. The van der Waals surface area contributed by atoms with Crippen LogP contribution in [0.3, 0.4) is 0 Å². The summed E-state index contributed by atoms with van der Waals surface area (Å²) in [4.78, 5) is 14.2. The summed E-state index contributed by atoms with van der Waals surface area (Å²) in [5, 5.41) is 0. The van der Waals surface area contributed by atoms with E-state index in [4.69, 9.17) is 22.7 Å². The number of hydrogen-bond donors (Lipinski definition) is 1. The number of rotatable bonds is 4. The van der Waals surface area contributed by atoms with Crippen molar-refractivity contribution in [3.8, 4) is 0 Å². The monoisotopic (exact) mass is 258 g/mol. The number of hydrogen-bond acceptors (Lipinski definition) is 3. The smallest absolute Gasteiger partial charge is 0.234 e. The van der Waals surface area contributed by atoms with Crippen LogP contribution < -0.4 is 5.73 Å². The van der Waals surface area contributed by atoms with E-state index in [0.29, 0.717) is 5.92 Å². The van der Waals surface area contributed by atoms with Crippen molar-refractivity contribution in [1.29, 1.82) is 0 Å². The summed E-state index contributed by atoms with van der Waals surface area (Å²) in [7, 11) is 1.82. The molecule has 1 rings (SSSR count). The molecule has 0 aromatic heterocycles. The highest BCUT2D eigenvalue weighted by Gasteiger charge is 2.34. The Bertz CT molecular complexity index is 299. The van der Waals surface area contributed by atoms with Crippen LogP contribution in [0, 0.1) is 11.3 Å². The van der Waals surface area contributed by atoms with Gasteiger partial charge in [-0.15, -0.1) is 0 Å². The average molecular weight is 258 g/mol. The topological polar surface area (TPSA) is 55.6 Å². The number of amides is 1. The molecular weight excluding hydrogens is 236 g/mol. The van der Waals surface area contributed by atoms with Crippen LogP contribution in [0.2, 0.25) is 0 Å². The van der Waals surface area contributed by atoms with E-state index < -0.39 is 5.41 Å². The molecule has 0 bridgehead atoms. The van der Waals surface area contributed by atoms with Crippen LogP contribution in [-0.4, -0.2) is 42.6 Å². The molecule has 1 aliphatic heterocycles. The van der Waals surface area contributed by atoms with E-state index in [0.717, 1.165) is 32.6 Å². The quantitative estimate of drug-likeness (QED) is 0.769. The fourth-order valence-electron chi connectivity index (χ4n) is 1.98. The average Bonchev–Trinajstić information content (AvgIpc) is 2.29. The lowest BCUT2D eigenvalue weighted by atomic mass is 9.90. The molecule has 2 N–H and O–H groups in total. The number of carbonyl (C=O) groups is 1. The van der Waals surface area contributed by atoms with Gasteiger partial charge in [-0.25, -0.2) is 0 Å². The Morgan fingerprint density at radius 2 is 2.00 bits per heavy atom. The molecule has 0 aliphatic carbocycles. The van der Waals surface area contributed by atoms with Crippen molar-refractivity contribution in [2.45, 2.75) is 26.7 Å².